The fourth-order valence-electron chi connectivity index (χ4n) is 3.24. The van der Waals surface area contributed by atoms with Gasteiger partial charge in [-0.05, 0) is 47.7 Å². The van der Waals surface area contributed by atoms with Crippen LogP contribution in [-0.2, 0) is 11.2 Å². The van der Waals surface area contributed by atoms with Crippen molar-refractivity contribution in [2.24, 2.45) is 0 Å². The molecule has 1 heterocycles. The highest BCUT2D eigenvalue weighted by Crippen LogP contribution is 2.33. The second kappa shape index (κ2) is 7.54. The molecular formula is C20H24O5. The van der Waals surface area contributed by atoms with Crippen molar-refractivity contribution in [3.05, 3.63) is 64.7 Å². The zero-order chi connectivity index (χ0) is 18.0. The van der Waals surface area contributed by atoms with E-state index in [0.29, 0.717) is 6.42 Å². The minimum Gasteiger partial charge on any atom is -0.508 e. The molecule has 25 heavy (non-hydrogen) atoms. The largest absolute Gasteiger partial charge is 0.508 e. The van der Waals surface area contributed by atoms with E-state index in [1.807, 2.05) is 37.3 Å². The fraction of sp³-hybridized carbons (Fsp3) is 0.400. The van der Waals surface area contributed by atoms with E-state index < -0.39 is 24.4 Å². The van der Waals surface area contributed by atoms with E-state index in [1.165, 1.54) is 0 Å². The second-order valence-corrected chi connectivity index (χ2v) is 6.68. The first-order valence-corrected chi connectivity index (χ1v) is 8.47. The molecule has 2 aromatic rings. The van der Waals surface area contributed by atoms with Crippen molar-refractivity contribution in [1.29, 1.82) is 0 Å². The number of benzene rings is 2. The number of aromatic hydroxyl groups is 1. The van der Waals surface area contributed by atoms with Crippen molar-refractivity contribution in [2.75, 3.05) is 6.61 Å². The lowest BCUT2D eigenvalue weighted by Gasteiger charge is -2.37. The third-order valence-electron chi connectivity index (χ3n) is 4.78. The highest BCUT2D eigenvalue weighted by Gasteiger charge is 2.37. The maximum atomic E-state index is 10.3. The average Bonchev–Trinajstić information content (AvgIpc) is 2.61. The molecule has 134 valence electrons. The molecule has 0 saturated carbocycles. The van der Waals surface area contributed by atoms with Crippen LogP contribution < -0.4 is 0 Å². The van der Waals surface area contributed by atoms with Crippen LogP contribution in [0.1, 0.15) is 34.8 Å². The number of phenols is 1. The van der Waals surface area contributed by atoms with Gasteiger partial charge in [0.1, 0.15) is 18.0 Å². The highest BCUT2D eigenvalue weighted by atomic mass is 16.5. The van der Waals surface area contributed by atoms with Gasteiger partial charge in [0.2, 0.25) is 0 Å². The third kappa shape index (κ3) is 4.02. The number of hydrogen-bond donors (Lipinski definition) is 4. The Morgan fingerprint density at radius 1 is 1.08 bits per heavy atom. The summed E-state index contributed by atoms with van der Waals surface area (Å²) in [5, 5.41) is 39.1. The Kier molecular flexibility index (Phi) is 5.39. The van der Waals surface area contributed by atoms with Gasteiger partial charge in [0.25, 0.3) is 0 Å². The van der Waals surface area contributed by atoms with Gasteiger partial charge < -0.3 is 25.2 Å². The molecule has 1 saturated heterocycles. The third-order valence-corrected chi connectivity index (χ3v) is 4.78. The lowest BCUT2D eigenvalue weighted by Crippen LogP contribution is -2.44. The molecule has 0 radical (unpaired) electrons. The number of phenolic OH excluding ortho intramolecular Hbond substituents is 1. The maximum absolute atomic E-state index is 10.3. The van der Waals surface area contributed by atoms with Crippen molar-refractivity contribution in [1.82, 2.24) is 0 Å². The zero-order valence-electron chi connectivity index (χ0n) is 14.2. The normalized spacial score (nSPS) is 26.6. The summed E-state index contributed by atoms with van der Waals surface area (Å²) in [6, 6.07) is 12.9. The van der Waals surface area contributed by atoms with Crippen molar-refractivity contribution in [3.8, 4) is 5.75 Å². The van der Waals surface area contributed by atoms with Crippen LogP contribution in [0.5, 0.6) is 5.75 Å². The van der Waals surface area contributed by atoms with E-state index in [9.17, 15) is 20.4 Å². The lowest BCUT2D eigenvalue weighted by atomic mass is 9.90. The number of aryl methyl sites for hydroxylation is 1. The van der Waals surface area contributed by atoms with Gasteiger partial charge in [-0.1, -0.05) is 30.3 Å². The Bertz CT molecular complexity index is 713. The summed E-state index contributed by atoms with van der Waals surface area (Å²) >= 11 is 0. The summed E-state index contributed by atoms with van der Waals surface area (Å²) in [5.41, 5.74) is 4.04. The van der Waals surface area contributed by atoms with Crippen molar-refractivity contribution >= 4 is 0 Å². The topological polar surface area (TPSA) is 90.2 Å². The second-order valence-electron chi connectivity index (χ2n) is 6.68. The highest BCUT2D eigenvalue weighted by molar-refractivity contribution is 5.38. The molecule has 5 nitrogen and oxygen atoms in total. The van der Waals surface area contributed by atoms with Gasteiger partial charge in [-0.25, -0.2) is 0 Å². The number of hydrogen-bond acceptors (Lipinski definition) is 5. The Balaban J connectivity index is 1.86. The molecule has 3 rings (SSSR count). The van der Waals surface area contributed by atoms with Crippen LogP contribution in [0.15, 0.2) is 42.5 Å². The maximum Gasteiger partial charge on any atom is 0.115 e. The number of rotatable bonds is 4. The van der Waals surface area contributed by atoms with Crippen LogP contribution in [0.3, 0.4) is 0 Å². The molecular weight excluding hydrogens is 320 g/mol. The van der Waals surface area contributed by atoms with Gasteiger partial charge in [-0.2, -0.15) is 0 Å². The van der Waals surface area contributed by atoms with Crippen molar-refractivity contribution in [2.45, 2.75) is 44.2 Å². The number of aliphatic hydroxyl groups is 3. The molecule has 0 aliphatic carbocycles. The van der Waals surface area contributed by atoms with Gasteiger partial charge in [-0.3, -0.25) is 0 Å². The zero-order valence-corrected chi connectivity index (χ0v) is 14.2. The average molecular weight is 344 g/mol. The summed E-state index contributed by atoms with van der Waals surface area (Å²) in [4.78, 5) is 0. The summed E-state index contributed by atoms with van der Waals surface area (Å²) < 4.78 is 5.77. The van der Waals surface area contributed by atoms with Gasteiger partial charge in [0.05, 0.1) is 18.8 Å². The minimum atomic E-state index is -1.02. The van der Waals surface area contributed by atoms with E-state index in [1.54, 1.807) is 12.1 Å². The number of aliphatic hydroxyl groups excluding tert-OH is 3. The molecule has 4 atom stereocenters. The Morgan fingerprint density at radius 3 is 2.48 bits per heavy atom. The van der Waals surface area contributed by atoms with Gasteiger partial charge in [0, 0.05) is 6.42 Å². The molecule has 1 aliphatic rings. The molecule has 0 amide bonds. The molecule has 1 fully saturated rings. The summed E-state index contributed by atoms with van der Waals surface area (Å²) in [7, 11) is 0. The van der Waals surface area contributed by atoms with E-state index in [4.69, 9.17) is 4.74 Å². The first-order chi connectivity index (χ1) is 12.0. The van der Waals surface area contributed by atoms with E-state index in [2.05, 4.69) is 0 Å². The molecule has 2 aromatic carbocycles. The predicted molar refractivity (Wildman–Crippen MR) is 93.4 cm³/mol. The monoisotopic (exact) mass is 344 g/mol. The molecule has 0 bridgehead atoms. The lowest BCUT2D eigenvalue weighted by molar-refractivity contribution is -0.179. The predicted octanol–water partition coefficient (Wildman–Crippen LogP) is 1.84. The molecule has 0 unspecified atom stereocenters. The van der Waals surface area contributed by atoms with Crippen LogP contribution in [-0.4, -0.2) is 45.3 Å². The first kappa shape index (κ1) is 17.9. The smallest absolute Gasteiger partial charge is 0.115 e. The van der Waals surface area contributed by atoms with E-state index >= 15 is 0 Å². The Morgan fingerprint density at radius 2 is 1.80 bits per heavy atom. The Hall–Kier alpha value is -1.92. The Labute approximate surface area is 147 Å². The molecule has 0 aromatic heterocycles. The molecule has 0 spiro atoms. The van der Waals surface area contributed by atoms with Crippen LogP contribution in [0, 0.1) is 6.92 Å². The molecule has 1 aliphatic heterocycles. The summed E-state index contributed by atoms with van der Waals surface area (Å²) in [6.45, 7) is 1.83. The quantitative estimate of drug-likeness (QED) is 0.679. The van der Waals surface area contributed by atoms with Crippen LogP contribution in [0.25, 0.3) is 0 Å². The molecule has 4 N–H and O–H groups in total. The van der Waals surface area contributed by atoms with E-state index in [-0.39, 0.29) is 18.8 Å². The van der Waals surface area contributed by atoms with Gasteiger partial charge in [-0.15, -0.1) is 0 Å². The number of ether oxygens (including phenoxy) is 1. The SMILES string of the molecule is Cc1ccc([C@@H]2O[C@H](CO)C[C@H](O)[C@H]2O)cc1Cc1ccc(O)cc1. The first-order valence-electron chi connectivity index (χ1n) is 8.47. The summed E-state index contributed by atoms with van der Waals surface area (Å²) in [5.74, 6) is 0.233. The van der Waals surface area contributed by atoms with Crippen molar-refractivity contribution < 1.29 is 25.2 Å². The molecule has 5 heteroatoms. The van der Waals surface area contributed by atoms with Crippen LogP contribution in [0.4, 0.5) is 0 Å². The van der Waals surface area contributed by atoms with Crippen LogP contribution >= 0.6 is 0 Å². The van der Waals surface area contributed by atoms with Crippen LogP contribution in [0.2, 0.25) is 0 Å². The standard InChI is InChI=1S/C20H24O5/c1-12-2-5-14(20-19(24)18(23)10-17(11-21)25-20)9-15(12)8-13-3-6-16(22)7-4-13/h2-7,9,17-24H,8,10-11H2,1H3/t17-,18-,19+,20-/m0/s1. The van der Waals surface area contributed by atoms with Crippen molar-refractivity contribution in [3.63, 3.8) is 0 Å². The minimum absolute atomic E-state index is 0.188. The van der Waals surface area contributed by atoms with Gasteiger partial charge >= 0.3 is 0 Å². The summed E-state index contributed by atoms with van der Waals surface area (Å²) in [6.07, 6.45) is -2.18. The fourth-order valence-corrected chi connectivity index (χ4v) is 3.24. The van der Waals surface area contributed by atoms with Gasteiger partial charge in [0.15, 0.2) is 0 Å². The van der Waals surface area contributed by atoms with E-state index in [0.717, 1.165) is 22.3 Å².